The first-order valence-corrected chi connectivity index (χ1v) is 7.04. The largest absolute Gasteiger partial charge is 0.309 e. The lowest BCUT2D eigenvalue weighted by Crippen LogP contribution is -2.29. The summed E-state index contributed by atoms with van der Waals surface area (Å²) in [4.78, 5) is 0. The van der Waals surface area contributed by atoms with Crippen LogP contribution in [0.4, 0.5) is 8.78 Å². The monoisotopic (exact) mass is 261 g/mol. The fourth-order valence-corrected chi connectivity index (χ4v) is 1.73. The number of benzene rings is 1. The molecule has 0 radical (unpaired) electrons. The van der Waals surface area contributed by atoms with E-state index in [-0.39, 0.29) is 11.3 Å². The molecule has 0 aliphatic carbocycles. The second kappa shape index (κ2) is 6.21. The van der Waals surface area contributed by atoms with Crippen LogP contribution in [0.1, 0.15) is 25.5 Å². The first-order chi connectivity index (χ1) is 7.90. The smallest absolute Gasteiger partial charge is 0.126 e. The van der Waals surface area contributed by atoms with Gasteiger partial charge in [-0.2, -0.15) is 0 Å². The van der Waals surface area contributed by atoms with Crippen molar-refractivity contribution < 1.29 is 13.0 Å². The minimum Gasteiger partial charge on any atom is -0.309 e. The lowest BCUT2D eigenvalue weighted by molar-refractivity contribution is 0.544. The topological polar surface area (TPSA) is 29.1 Å². The number of nitrogens with one attached hydrogen (secondary N) is 1. The van der Waals surface area contributed by atoms with Crippen LogP contribution in [0, 0.1) is 11.6 Å². The van der Waals surface area contributed by atoms with Crippen LogP contribution >= 0.6 is 0 Å². The highest BCUT2D eigenvalue weighted by molar-refractivity contribution is 7.84. The van der Waals surface area contributed by atoms with E-state index >= 15 is 0 Å². The SMILES string of the molecule is CC(NCC(C)S(C)=O)c1cc(F)cc(F)c1. The molecule has 1 rings (SSSR count). The summed E-state index contributed by atoms with van der Waals surface area (Å²) in [6.45, 7) is 4.23. The van der Waals surface area contributed by atoms with E-state index in [1.807, 2.05) is 13.8 Å². The van der Waals surface area contributed by atoms with E-state index in [1.165, 1.54) is 12.1 Å². The predicted molar refractivity (Wildman–Crippen MR) is 66.3 cm³/mol. The number of rotatable bonds is 5. The van der Waals surface area contributed by atoms with Crippen LogP contribution in [0.3, 0.4) is 0 Å². The molecule has 0 aromatic heterocycles. The molecule has 3 unspecified atom stereocenters. The van der Waals surface area contributed by atoms with Gasteiger partial charge in [-0.3, -0.25) is 4.21 Å². The summed E-state index contributed by atoms with van der Waals surface area (Å²) in [5, 5.41) is 3.12. The highest BCUT2D eigenvalue weighted by Crippen LogP contribution is 2.15. The average molecular weight is 261 g/mol. The Morgan fingerprint density at radius 2 is 1.76 bits per heavy atom. The Balaban J connectivity index is 2.63. The molecule has 0 bridgehead atoms. The minimum absolute atomic E-state index is 0.0101. The van der Waals surface area contributed by atoms with Gasteiger partial charge in [-0.1, -0.05) is 0 Å². The summed E-state index contributed by atoms with van der Waals surface area (Å²) in [5.74, 6) is -1.17. The summed E-state index contributed by atoms with van der Waals surface area (Å²) in [5.41, 5.74) is 0.552. The Bertz CT molecular complexity index is 391. The van der Waals surface area contributed by atoms with Crippen LogP contribution in [-0.2, 0) is 10.8 Å². The van der Waals surface area contributed by atoms with E-state index in [1.54, 1.807) is 6.26 Å². The standard InChI is InChI=1S/C12H17F2NOS/c1-8(17(3)16)7-15-9(2)10-4-11(13)6-12(14)5-10/h4-6,8-9,15H,7H2,1-3H3. The van der Waals surface area contributed by atoms with Gasteiger partial charge < -0.3 is 5.32 Å². The molecule has 0 saturated carbocycles. The van der Waals surface area contributed by atoms with Crippen LogP contribution in [-0.4, -0.2) is 22.3 Å². The van der Waals surface area contributed by atoms with Gasteiger partial charge in [0.25, 0.3) is 0 Å². The molecule has 2 nitrogen and oxygen atoms in total. The van der Waals surface area contributed by atoms with Gasteiger partial charge in [-0.15, -0.1) is 0 Å². The van der Waals surface area contributed by atoms with Gasteiger partial charge in [-0.05, 0) is 31.5 Å². The third kappa shape index (κ3) is 4.52. The van der Waals surface area contributed by atoms with Crippen LogP contribution in [0.15, 0.2) is 18.2 Å². The van der Waals surface area contributed by atoms with Crippen molar-refractivity contribution in [1.29, 1.82) is 0 Å². The zero-order chi connectivity index (χ0) is 13.0. The molecule has 0 aliphatic rings. The zero-order valence-electron chi connectivity index (χ0n) is 10.2. The van der Waals surface area contributed by atoms with Crippen molar-refractivity contribution in [3.8, 4) is 0 Å². The molecule has 0 amide bonds. The maximum absolute atomic E-state index is 13.0. The molecular formula is C12H17F2NOS. The van der Waals surface area contributed by atoms with Crippen LogP contribution < -0.4 is 5.32 Å². The van der Waals surface area contributed by atoms with Crippen LogP contribution in [0.2, 0.25) is 0 Å². The van der Waals surface area contributed by atoms with Crippen molar-refractivity contribution in [3.05, 3.63) is 35.4 Å². The summed E-state index contributed by atoms with van der Waals surface area (Å²) >= 11 is 0. The molecule has 1 N–H and O–H groups in total. The lowest BCUT2D eigenvalue weighted by Gasteiger charge is -2.17. The third-order valence-electron chi connectivity index (χ3n) is 2.66. The second-order valence-corrected chi connectivity index (χ2v) is 5.94. The molecule has 0 heterocycles. The molecule has 0 fully saturated rings. The fourth-order valence-electron chi connectivity index (χ4n) is 1.40. The first-order valence-electron chi connectivity index (χ1n) is 5.41. The van der Waals surface area contributed by atoms with E-state index in [0.29, 0.717) is 12.1 Å². The Morgan fingerprint density at radius 3 is 2.24 bits per heavy atom. The molecular weight excluding hydrogens is 244 g/mol. The van der Waals surface area contributed by atoms with Crippen molar-refractivity contribution in [2.75, 3.05) is 12.8 Å². The Morgan fingerprint density at radius 1 is 1.24 bits per heavy atom. The maximum Gasteiger partial charge on any atom is 0.126 e. The van der Waals surface area contributed by atoms with E-state index in [9.17, 15) is 13.0 Å². The molecule has 1 aromatic rings. The molecule has 5 heteroatoms. The highest BCUT2D eigenvalue weighted by Gasteiger charge is 2.11. The van der Waals surface area contributed by atoms with E-state index < -0.39 is 22.4 Å². The zero-order valence-corrected chi connectivity index (χ0v) is 11.0. The van der Waals surface area contributed by atoms with Gasteiger partial charge >= 0.3 is 0 Å². The second-order valence-electron chi connectivity index (χ2n) is 4.14. The van der Waals surface area contributed by atoms with Gasteiger partial charge in [0.05, 0.1) is 0 Å². The molecule has 3 atom stereocenters. The van der Waals surface area contributed by atoms with Crippen molar-refractivity contribution in [3.63, 3.8) is 0 Å². The molecule has 0 aliphatic heterocycles. The van der Waals surface area contributed by atoms with E-state index in [4.69, 9.17) is 0 Å². The summed E-state index contributed by atoms with van der Waals surface area (Å²) in [6.07, 6.45) is 1.64. The van der Waals surface area contributed by atoms with Crippen molar-refractivity contribution >= 4 is 10.8 Å². The molecule has 0 saturated heterocycles. The third-order valence-corrected chi connectivity index (χ3v) is 3.96. The van der Waals surface area contributed by atoms with Crippen molar-refractivity contribution in [2.45, 2.75) is 25.1 Å². The fraction of sp³-hybridized carbons (Fsp3) is 0.500. The van der Waals surface area contributed by atoms with Gasteiger partial charge in [-0.25, -0.2) is 8.78 Å². The summed E-state index contributed by atoms with van der Waals surface area (Å²) in [6, 6.07) is 3.27. The normalized spacial score (nSPS) is 16.5. The summed E-state index contributed by atoms with van der Waals surface area (Å²) in [7, 11) is -0.903. The van der Waals surface area contributed by atoms with Crippen molar-refractivity contribution in [2.24, 2.45) is 0 Å². The number of hydrogen-bond donors (Lipinski definition) is 1. The molecule has 0 spiro atoms. The van der Waals surface area contributed by atoms with Crippen molar-refractivity contribution in [1.82, 2.24) is 5.32 Å². The average Bonchev–Trinajstić information content (AvgIpc) is 2.23. The molecule has 96 valence electrons. The lowest BCUT2D eigenvalue weighted by atomic mass is 10.1. The molecule has 17 heavy (non-hydrogen) atoms. The highest BCUT2D eigenvalue weighted by atomic mass is 32.2. The molecule has 1 aromatic carbocycles. The predicted octanol–water partition coefficient (Wildman–Crippen LogP) is 2.38. The van der Waals surface area contributed by atoms with Crippen LogP contribution in [0.25, 0.3) is 0 Å². The number of hydrogen-bond acceptors (Lipinski definition) is 2. The van der Waals surface area contributed by atoms with Crippen LogP contribution in [0.5, 0.6) is 0 Å². The maximum atomic E-state index is 13.0. The van der Waals surface area contributed by atoms with E-state index in [2.05, 4.69) is 5.32 Å². The Labute approximate surface area is 103 Å². The Hall–Kier alpha value is -0.810. The summed E-state index contributed by atoms with van der Waals surface area (Å²) < 4.78 is 37.2. The number of halogens is 2. The van der Waals surface area contributed by atoms with Gasteiger partial charge in [0.1, 0.15) is 11.6 Å². The Kier molecular flexibility index (Phi) is 5.21. The first kappa shape index (κ1) is 14.3. The van der Waals surface area contributed by atoms with Gasteiger partial charge in [0.15, 0.2) is 0 Å². The van der Waals surface area contributed by atoms with Gasteiger partial charge in [0, 0.05) is 41.0 Å². The minimum atomic E-state index is -0.903. The quantitative estimate of drug-likeness (QED) is 0.881. The van der Waals surface area contributed by atoms with E-state index in [0.717, 1.165) is 6.07 Å². The van der Waals surface area contributed by atoms with Gasteiger partial charge in [0.2, 0.25) is 0 Å².